The van der Waals surface area contributed by atoms with Crippen molar-refractivity contribution in [3.05, 3.63) is 22.6 Å². The van der Waals surface area contributed by atoms with Crippen LogP contribution in [0.3, 0.4) is 0 Å². The standard InChI is InChI=1S/C12H17BrFN3/c1-3-16-4-5-17(8-9(16)2)12-11(14)6-10(13)7-15-12/h6-7,9H,3-5,8H2,1-2H3. The monoisotopic (exact) mass is 301 g/mol. The fraction of sp³-hybridized carbons (Fsp3) is 0.583. The van der Waals surface area contributed by atoms with Crippen LogP contribution in [0, 0.1) is 5.82 Å². The van der Waals surface area contributed by atoms with Crippen LogP contribution in [0.1, 0.15) is 13.8 Å². The summed E-state index contributed by atoms with van der Waals surface area (Å²) in [4.78, 5) is 8.59. The zero-order chi connectivity index (χ0) is 12.4. The van der Waals surface area contributed by atoms with Crippen LogP contribution in [0.2, 0.25) is 0 Å². The van der Waals surface area contributed by atoms with E-state index in [-0.39, 0.29) is 5.82 Å². The minimum absolute atomic E-state index is 0.253. The Morgan fingerprint density at radius 1 is 1.53 bits per heavy atom. The Bertz CT molecular complexity index is 399. The lowest BCUT2D eigenvalue weighted by atomic mass is 10.2. The molecular weight excluding hydrogens is 285 g/mol. The number of anilines is 1. The van der Waals surface area contributed by atoms with Crippen LogP contribution in [-0.2, 0) is 0 Å². The summed E-state index contributed by atoms with van der Waals surface area (Å²) in [6.45, 7) is 8.01. The molecule has 1 fully saturated rings. The molecule has 0 aliphatic carbocycles. The maximum Gasteiger partial charge on any atom is 0.166 e. The summed E-state index contributed by atoms with van der Waals surface area (Å²) in [6, 6.07) is 1.91. The Labute approximate surface area is 110 Å². The van der Waals surface area contributed by atoms with E-state index in [9.17, 15) is 4.39 Å². The summed E-state index contributed by atoms with van der Waals surface area (Å²) >= 11 is 3.22. The molecule has 1 aliphatic rings. The molecule has 0 radical (unpaired) electrons. The molecule has 0 aromatic carbocycles. The Morgan fingerprint density at radius 3 is 2.88 bits per heavy atom. The fourth-order valence-corrected chi connectivity index (χ4v) is 2.60. The molecular formula is C12H17BrFN3. The number of aromatic nitrogens is 1. The highest BCUT2D eigenvalue weighted by Crippen LogP contribution is 2.22. The topological polar surface area (TPSA) is 19.4 Å². The van der Waals surface area contributed by atoms with E-state index in [4.69, 9.17) is 0 Å². The molecule has 0 spiro atoms. The van der Waals surface area contributed by atoms with Crippen LogP contribution < -0.4 is 4.90 Å². The molecule has 0 bridgehead atoms. The Hall–Kier alpha value is -0.680. The average molecular weight is 302 g/mol. The number of hydrogen-bond donors (Lipinski definition) is 0. The average Bonchev–Trinajstić information content (AvgIpc) is 2.29. The first-order valence-corrected chi connectivity index (χ1v) is 6.71. The van der Waals surface area contributed by atoms with Crippen molar-refractivity contribution in [2.75, 3.05) is 31.1 Å². The van der Waals surface area contributed by atoms with Gasteiger partial charge in [-0.3, -0.25) is 4.90 Å². The number of pyridine rings is 1. The predicted molar refractivity (Wildman–Crippen MR) is 70.8 cm³/mol. The molecule has 1 saturated heterocycles. The van der Waals surface area contributed by atoms with E-state index in [1.54, 1.807) is 6.20 Å². The van der Waals surface area contributed by atoms with Gasteiger partial charge in [0, 0.05) is 36.3 Å². The number of likely N-dealkylation sites (N-methyl/N-ethyl adjacent to an activating group) is 1. The highest BCUT2D eigenvalue weighted by molar-refractivity contribution is 9.10. The summed E-state index contributed by atoms with van der Waals surface area (Å²) in [5.74, 6) is 0.215. The number of hydrogen-bond acceptors (Lipinski definition) is 3. The van der Waals surface area contributed by atoms with Gasteiger partial charge in [-0.1, -0.05) is 6.92 Å². The Balaban J connectivity index is 2.14. The minimum Gasteiger partial charge on any atom is -0.351 e. The molecule has 0 amide bonds. The fourth-order valence-electron chi connectivity index (χ4n) is 2.30. The second-order valence-electron chi connectivity index (χ2n) is 4.38. The molecule has 5 heteroatoms. The Kier molecular flexibility index (Phi) is 3.99. The van der Waals surface area contributed by atoms with Gasteiger partial charge in [0.2, 0.25) is 0 Å². The summed E-state index contributed by atoms with van der Waals surface area (Å²) in [6.07, 6.45) is 1.65. The summed E-state index contributed by atoms with van der Waals surface area (Å²) < 4.78 is 14.5. The van der Waals surface area contributed by atoms with Crippen LogP contribution in [0.25, 0.3) is 0 Å². The molecule has 1 aliphatic heterocycles. The first-order valence-electron chi connectivity index (χ1n) is 5.92. The molecule has 2 heterocycles. The van der Waals surface area contributed by atoms with E-state index in [0.717, 1.165) is 26.2 Å². The van der Waals surface area contributed by atoms with E-state index >= 15 is 0 Å². The van der Waals surface area contributed by atoms with Gasteiger partial charge >= 0.3 is 0 Å². The van der Waals surface area contributed by atoms with Crippen molar-refractivity contribution in [3.8, 4) is 0 Å². The van der Waals surface area contributed by atoms with Gasteiger partial charge < -0.3 is 4.90 Å². The summed E-state index contributed by atoms with van der Waals surface area (Å²) in [7, 11) is 0. The van der Waals surface area contributed by atoms with Crippen molar-refractivity contribution in [2.45, 2.75) is 19.9 Å². The van der Waals surface area contributed by atoms with E-state index in [0.29, 0.717) is 16.3 Å². The normalized spacial score (nSPS) is 21.9. The maximum absolute atomic E-state index is 13.8. The van der Waals surface area contributed by atoms with Gasteiger partial charge in [-0.15, -0.1) is 0 Å². The molecule has 2 rings (SSSR count). The molecule has 17 heavy (non-hydrogen) atoms. The number of halogens is 2. The molecule has 0 saturated carbocycles. The molecule has 1 atom stereocenters. The minimum atomic E-state index is -0.253. The molecule has 3 nitrogen and oxygen atoms in total. The molecule has 1 aromatic heterocycles. The predicted octanol–water partition coefficient (Wildman–Crippen LogP) is 2.51. The van der Waals surface area contributed by atoms with Gasteiger partial charge in [0.1, 0.15) is 0 Å². The van der Waals surface area contributed by atoms with Crippen LogP contribution in [-0.4, -0.2) is 42.1 Å². The smallest absolute Gasteiger partial charge is 0.166 e. The maximum atomic E-state index is 13.8. The van der Waals surface area contributed by atoms with Crippen LogP contribution in [0.15, 0.2) is 16.7 Å². The number of piperazine rings is 1. The summed E-state index contributed by atoms with van der Waals surface area (Å²) in [5.41, 5.74) is 0. The van der Waals surface area contributed by atoms with Crippen LogP contribution in [0.5, 0.6) is 0 Å². The highest BCUT2D eigenvalue weighted by Gasteiger charge is 2.24. The van der Waals surface area contributed by atoms with Gasteiger partial charge in [-0.25, -0.2) is 9.37 Å². The quantitative estimate of drug-likeness (QED) is 0.837. The number of rotatable bonds is 2. The lowest BCUT2D eigenvalue weighted by molar-refractivity contribution is 0.198. The van der Waals surface area contributed by atoms with Crippen molar-refractivity contribution in [3.63, 3.8) is 0 Å². The van der Waals surface area contributed by atoms with Gasteiger partial charge in [0.25, 0.3) is 0 Å². The molecule has 1 unspecified atom stereocenters. The molecule has 0 N–H and O–H groups in total. The lowest BCUT2D eigenvalue weighted by Gasteiger charge is -2.39. The van der Waals surface area contributed by atoms with Crippen molar-refractivity contribution in [2.24, 2.45) is 0 Å². The van der Waals surface area contributed by atoms with E-state index in [2.05, 4.69) is 39.7 Å². The van der Waals surface area contributed by atoms with Crippen molar-refractivity contribution >= 4 is 21.7 Å². The van der Waals surface area contributed by atoms with E-state index in [1.165, 1.54) is 6.07 Å². The van der Waals surface area contributed by atoms with Crippen LogP contribution >= 0.6 is 15.9 Å². The van der Waals surface area contributed by atoms with Gasteiger partial charge in [-0.2, -0.15) is 0 Å². The lowest BCUT2D eigenvalue weighted by Crippen LogP contribution is -2.52. The first kappa shape index (κ1) is 12.8. The third kappa shape index (κ3) is 2.77. The zero-order valence-electron chi connectivity index (χ0n) is 10.2. The largest absolute Gasteiger partial charge is 0.351 e. The Morgan fingerprint density at radius 2 is 2.29 bits per heavy atom. The van der Waals surface area contributed by atoms with E-state index < -0.39 is 0 Å². The van der Waals surface area contributed by atoms with Crippen LogP contribution in [0.4, 0.5) is 10.2 Å². The first-order chi connectivity index (χ1) is 8.11. The molecule has 94 valence electrons. The van der Waals surface area contributed by atoms with Crippen molar-refractivity contribution in [1.82, 2.24) is 9.88 Å². The second kappa shape index (κ2) is 5.31. The second-order valence-corrected chi connectivity index (χ2v) is 5.30. The van der Waals surface area contributed by atoms with Crippen molar-refractivity contribution in [1.29, 1.82) is 0 Å². The van der Waals surface area contributed by atoms with Crippen molar-refractivity contribution < 1.29 is 4.39 Å². The summed E-state index contributed by atoms with van der Waals surface area (Å²) in [5, 5.41) is 0. The highest BCUT2D eigenvalue weighted by atomic mass is 79.9. The SMILES string of the molecule is CCN1CCN(c2ncc(Br)cc2F)CC1C. The van der Waals surface area contributed by atoms with Gasteiger partial charge in [-0.05, 0) is 35.5 Å². The van der Waals surface area contributed by atoms with Gasteiger partial charge in [0.05, 0.1) is 0 Å². The zero-order valence-corrected chi connectivity index (χ0v) is 11.7. The number of nitrogens with zero attached hydrogens (tertiary/aromatic N) is 3. The third-order valence-electron chi connectivity index (χ3n) is 3.26. The molecule has 1 aromatic rings. The van der Waals surface area contributed by atoms with Gasteiger partial charge in [0.15, 0.2) is 11.6 Å². The third-order valence-corrected chi connectivity index (χ3v) is 3.69. The van der Waals surface area contributed by atoms with E-state index in [1.807, 2.05) is 4.90 Å².